The van der Waals surface area contributed by atoms with E-state index in [-0.39, 0.29) is 17.0 Å². The van der Waals surface area contributed by atoms with Gasteiger partial charge in [-0.1, -0.05) is 84.2 Å². The van der Waals surface area contributed by atoms with Gasteiger partial charge in [-0.3, -0.25) is 4.79 Å². The molecule has 1 aromatic rings. The summed E-state index contributed by atoms with van der Waals surface area (Å²) in [6.45, 7) is 12.4. The Kier molecular flexibility index (Phi) is 7.20. The Labute approximate surface area is 220 Å². The van der Waals surface area contributed by atoms with E-state index in [2.05, 4.69) is 34.6 Å². The SMILES string of the molecule is CC(C)CCC[C@@H](C)[C@H]1CC[C@@H]2[C@H]3CC[C@@H]4CC(=O)C(=C(O)c5ccccc5)C[C@]4(C)[C@H]3CC[C@@]21C. The van der Waals surface area contributed by atoms with Crippen LogP contribution in [-0.4, -0.2) is 10.9 Å². The van der Waals surface area contributed by atoms with Gasteiger partial charge in [-0.15, -0.1) is 0 Å². The quantitative estimate of drug-likeness (QED) is 0.319. The smallest absolute Gasteiger partial charge is 0.162 e. The monoisotopic (exact) mass is 490 g/mol. The molecule has 0 aromatic heterocycles. The van der Waals surface area contributed by atoms with Crippen molar-refractivity contribution in [2.45, 2.75) is 105 Å². The van der Waals surface area contributed by atoms with Gasteiger partial charge in [0, 0.05) is 17.6 Å². The third kappa shape index (κ3) is 4.39. The summed E-state index contributed by atoms with van der Waals surface area (Å²) >= 11 is 0. The molecule has 198 valence electrons. The van der Waals surface area contributed by atoms with Crippen molar-refractivity contribution in [3.8, 4) is 0 Å². The Morgan fingerprint density at radius 1 is 0.944 bits per heavy atom. The minimum Gasteiger partial charge on any atom is -0.507 e. The number of fused-ring (bicyclic) bond motifs is 5. The van der Waals surface area contributed by atoms with Gasteiger partial charge < -0.3 is 5.11 Å². The summed E-state index contributed by atoms with van der Waals surface area (Å²) < 4.78 is 0. The Balaban J connectivity index is 1.36. The lowest BCUT2D eigenvalue weighted by molar-refractivity contribution is -0.133. The number of allylic oxidation sites excluding steroid dienone is 1. The molecule has 1 N–H and O–H groups in total. The van der Waals surface area contributed by atoms with Crippen LogP contribution in [0.2, 0.25) is 0 Å². The largest absolute Gasteiger partial charge is 0.507 e. The van der Waals surface area contributed by atoms with Gasteiger partial charge in [-0.05, 0) is 97.2 Å². The summed E-state index contributed by atoms with van der Waals surface area (Å²) in [6.07, 6.45) is 13.6. The maximum absolute atomic E-state index is 13.2. The summed E-state index contributed by atoms with van der Waals surface area (Å²) in [4.78, 5) is 13.2. The average molecular weight is 491 g/mol. The lowest BCUT2D eigenvalue weighted by atomic mass is 9.44. The minimum atomic E-state index is 0.136. The Morgan fingerprint density at radius 3 is 2.39 bits per heavy atom. The van der Waals surface area contributed by atoms with Crippen molar-refractivity contribution in [2.24, 2.45) is 52.3 Å². The summed E-state index contributed by atoms with van der Waals surface area (Å²) in [6, 6.07) is 9.72. The van der Waals surface area contributed by atoms with E-state index < -0.39 is 0 Å². The molecule has 1 aromatic carbocycles. The molecule has 0 bridgehead atoms. The number of aliphatic hydroxyl groups is 1. The van der Waals surface area contributed by atoms with E-state index in [1.165, 1.54) is 57.8 Å². The van der Waals surface area contributed by atoms with Crippen LogP contribution < -0.4 is 0 Å². The van der Waals surface area contributed by atoms with E-state index in [4.69, 9.17) is 0 Å². The summed E-state index contributed by atoms with van der Waals surface area (Å²) in [5, 5.41) is 11.2. The highest BCUT2D eigenvalue weighted by atomic mass is 16.3. The lowest BCUT2D eigenvalue weighted by Gasteiger charge is -2.60. The molecule has 0 aliphatic heterocycles. The molecule has 0 spiro atoms. The number of Topliss-reactive ketones (excluding diaryl/α,β-unsaturated/α-hetero) is 1. The van der Waals surface area contributed by atoms with Gasteiger partial charge in [0.25, 0.3) is 0 Å². The van der Waals surface area contributed by atoms with E-state index in [9.17, 15) is 9.90 Å². The van der Waals surface area contributed by atoms with Crippen LogP contribution in [0.15, 0.2) is 35.9 Å². The number of hydrogen-bond acceptors (Lipinski definition) is 2. The van der Waals surface area contributed by atoms with Crippen LogP contribution in [-0.2, 0) is 4.79 Å². The first kappa shape index (κ1) is 26.1. The fraction of sp³-hybridized carbons (Fsp3) is 0.735. The van der Waals surface area contributed by atoms with Crippen LogP contribution in [0.1, 0.15) is 111 Å². The van der Waals surface area contributed by atoms with Crippen molar-refractivity contribution in [3.05, 3.63) is 41.5 Å². The minimum absolute atomic E-state index is 0.136. The molecule has 0 amide bonds. The molecule has 0 heterocycles. The van der Waals surface area contributed by atoms with Gasteiger partial charge in [0.2, 0.25) is 0 Å². The van der Waals surface area contributed by atoms with Crippen LogP contribution in [0.25, 0.3) is 5.76 Å². The second kappa shape index (κ2) is 9.95. The van der Waals surface area contributed by atoms with Crippen LogP contribution in [0.3, 0.4) is 0 Å². The summed E-state index contributed by atoms with van der Waals surface area (Å²) in [7, 11) is 0. The van der Waals surface area contributed by atoms with E-state index >= 15 is 0 Å². The highest BCUT2D eigenvalue weighted by Crippen LogP contribution is 2.68. The van der Waals surface area contributed by atoms with E-state index in [0.29, 0.717) is 29.2 Å². The molecule has 5 rings (SSSR count). The maximum Gasteiger partial charge on any atom is 0.162 e. The predicted molar refractivity (Wildman–Crippen MR) is 149 cm³/mol. The first-order valence-electron chi connectivity index (χ1n) is 15.2. The van der Waals surface area contributed by atoms with Gasteiger partial charge in [0.1, 0.15) is 5.76 Å². The van der Waals surface area contributed by atoms with Gasteiger partial charge in [-0.25, -0.2) is 0 Å². The third-order valence-electron chi connectivity index (χ3n) is 11.9. The second-order valence-electron chi connectivity index (χ2n) is 14.2. The molecule has 2 heteroatoms. The zero-order valence-corrected chi connectivity index (χ0v) is 23.6. The normalized spacial score (nSPS) is 40.4. The van der Waals surface area contributed by atoms with Crippen LogP contribution in [0.4, 0.5) is 0 Å². The summed E-state index contributed by atoms with van der Waals surface area (Å²) in [5.41, 5.74) is 2.13. The predicted octanol–water partition coefficient (Wildman–Crippen LogP) is 9.26. The number of carbonyl (C=O) groups is 1. The zero-order valence-electron chi connectivity index (χ0n) is 23.6. The number of benzene rings is 1. The van der Waals surface area contributed by atoms with Gasteiger partial charge in [-0.2, -0.15) is 0 Å². The Hall–Kier alpha value is -1.57. The Morgan fingerprint density at radius 2 is 1.67 bits per heavy atom. The van der Waals surface area contributed by atoms with Gasteiger partial charge in [0.15, 0.2) is 5.78 Å². The number of carbonyl (C=O) groups excluding carboxylic acids is 1. The molecule has 8 atom stereocenters. The first-order valence-corrected chi connectivity index (χ1v) is 15.2. The van der Waals surface area contributed by atoms with Gasteiger partial charge >= 0.3 is 0 Å². The fourth-order valence-electron chi connectivity index (χ4n) is 9.98. The van der Waals surface area contributed by atoms with E-state index in [1.807, 2.05) is 30.3 Å². The lowest BCUT2D eigenvalue weighted by Crippen LogP contribution is -2.54. The molecule has 2 nitrogen and oxygen atoms in total. The zero-order chi connectivity index (χ0) is 25.7. The van der Waals surface area contributed by atoms with Crippen LogP contribution >= 0.6 is 0 Å². The number of rotatable bonds is 6. The van der Waals surface area contributed by atoms with Crippen molar-refractivity contribution in [1.29, 1.82) is 0 Å². The molecular formula is C34H50O2. The highest BCUT2D eigenvalue weighted by molar-refractivity contribution is 6.02. The van der Waals surface area contributed by atoms with Crippen molar-refractivity contribution >= 4 is 11.5 Å². The van der Waals surface area contributed by atoms with Crippen LogP contribution in [0, 0.1) is 52.3 Å². The molecular weight excluding hydrogens is 440 g/mol. The topological polar surface area (TPSA) is 37.3 Å². The maximum atomic E-state index is 13.2. The molecule has 4 aliphatic rings. The van der Waals surface area contributed by atoms with Crippen molar-refractivity contribution in [2.75, 3.05) is 0 Å². The molecule has 36 heavy (non-hydrogen) atoms. The third-order valence-corrected chi connectivity index (χ3v) is 11.9. The molecule has 0 saturated heterocycles. The molecule has 0 unspecified atom stereocenters. The molecule has 4 aliphatic carbocycles. The van der Waals surface area contributed by atoms with Crippen molar-refractivity contribution < 1.29 is 9.90 Å². The number of aliphatic hydroxyl groups excluding tert-OH is 1. The van der Waals surface area contributed by atoms with Crippen molar-refractivity contribution in [1.82, 2.24) is 0 Å². The van der Waals surface area contributed by atoms with E-state index in [1.54, 1.807) is 0 Å². The second-order valence-corrected chi connectivity index (χ2v) is 14.2. The molecule has 0 radical (unpaired) electrons. The van der Waals surface area contributed by atoms with E-state index in [0.717, 1.165) is 41.6 Å². The Bertz CT molecular complexity index is 976. The van der Waals surface area contributed by atoms with Gasteiger partial charge in [0.05, 0.1) is 0 Å². The molecule has 4 saturated carbocycles. The van der Waals surface area contributed by atoms with Crippen molar-refractivity contribution in [3.63, 3.8) is 0 Å². The number of hydrogen-bond donors (Lipinski definition) is 1. The van der Waals surface area contributed by atoms with Crippen LogP contribution in [0.5, 0.6) is 0 Å². The summed E-state index contributed by atoms with van der Waals surface area (Å²) in [5.74, 6) is 5.78. The molecule has 4 fully saturated rings. The number of ketones is 1. The standard InChI is InChI=1S/C34H50O2/c1-22(2)10-9-11-23(3)28-16-17-29-26-15-14-25-20-31(35)27(32(36)24-12-7-6-8-13-24)21-34(25,5)30(26)18-19-33(28,29)4/h6-8,12-13,22-23,25-26,28-30,36H,9-11,14-21H2,1-5H3/t23-,25-,26-,28-,29-,30+,33-,34+/m1/s1. The first-order chi connectivity index (χ1) is 17.1. The highest BCUT2D eigenvalue weighted by Gasteiger charge is 2.61. The average Bonchev–Trinajstić information content (AvgIpc) is 3.21. The fourth-order valence-corrected chi connectivity index (χ4v) is 9.98.